The number of aromatic amines is 1. The summed E-state index contributed by atoms with van der Waals surface area (Å²) >= 11 is 0. The molecular weight excluding hydrogens is 293 g/mol. The molecule has 3 aromatic heterocycles. The number of pyridine rings is 1. The Kier molecular flexibility index (Phi) is 3.08. The maximum Gasteiger partial charge on any atom is 0.132 e. The summed E-state index contributed by atoms with van der Waals surface area (Å²) in [5.41, 5.74) is 3.59. The van der Waals surface area contributed by atoms with Crippen LogP contribution >= 0.6 is 0 Å². The lowest BCUT2D eigenvalue weighted by Gasteiger charge is -2.05. The Bertz CT molecular complexity index is 985. The summed E-state index contributed by atoms with van der Waals surface area (Å²) in [5, 5.41) is 4.11. The lowest BCUT2D eigenvalue weighted by atomic mass is 10.2. The predicted octanol–water partition coefficient (Wildman–Crippen LogP) is 3.85. The van der Waals surface area contributed by atoms with Crippen LogP contribution in [0.2, 0.25) is 0 Å². The molecule has 0 aliphatic carbocycles. The molecular formula is C17H14FN5. The normalized spacial score (nSPS) is 11.0. The van der Waals surface area contributed by atoms with Crippen molar-refractivity contribution in [3.63, 3.8) is 0 Å². The Labute approximate surface area is 131 Å². The van der Waals surface area contributed by atoms with Crippen molar-refractivity contribution in [1.82, 2.24) is 19.5 Å². The van der Waals surface area contributed by atoms with Gasteiger partial charge in [-0.1, -0.05) is 6.07 Å². The second-order valence-corrected chi connectivity index (χ2v) is 5.36. The number of halogens is 1. The Morgan fingerprint density at radius 3 is 2.87 bits per heavy atom. The van der Waals surface area contributed by atoms with E-state index in [0.29, 0.717) is 11.5 Å². The van der Waals surface area contributed by atoms with Crippen molar-refractivity contribution < 1.29 is 4.39 Å². The molecule has 0 unspecified atom stereocenters. The molecule has 0 aliphatic rings. The van der Waals surface area contributed by atoms with E-state index in [4.69, 9.17) is 0 Å². The van der Waals surface area contributed by atoms with E-state index in [1.54, 1.807) is 24.7 Å². The van der Waals surface area contributed by atoms with Crippen LogP contribution in [0.25, 0.3) is 22.3 Å². The minimum absolute atomic E-state index is 0.283. The van der Waals surface area contributed by atoms with Crippen LogP contribution in [0.4, 0.5) is 15.9 Å². The average molecular weight is 307 g/mol. The van der Waals surface area contributed by atoms with Gasteiger partial charge in [0.1, 0.15) is 11.6 Å². The monoisotopic (exact) mass is 307 g/mol. The quantitative estimate of drug-likeness (QED) is 0.604. The molecule has 0 bridgehead atoms. The minimum atomic E-state index is -0.283. The van der Waals surface area contributed by atoms with E-state index in [1.807, 2.05) is 29.9 Å². The van der Waals surface area contributed by atoms with Crippen molar-refractivity contribution in [2.24, 2.45) is 7.05 Å². The number of aromatic nitrogens is 4. The molecule has 1 aromatic carbocycles. The molecule has 3 heterocycles. The lowest BCUT2D eigenvalue weighted by molar-refractivity contribution is 0.628. The first-order chi connectivity index (χ1) is 11.2. The Balaban J connectivity index is 1.69. The highest BCUT2D eigenvalue weighted by Gasteiger charge is 2.08. The summed E-state index contributed by atoms with van der Waals surface area (Å²) in [6, 6.07) is 10.2. The van der Waals surface area contributed by atoms with Gasteiger partial charge in [-0.05, 0) is 24.3 Å². The fourth-order valence-corrected chi connectivity index (χ4v) is 2.56. The van der Waals surface area contributed by atoms with Crippen LogP contribution in [0.5, 0.6) is 0 Å². The molecule has 2 N–H and O–H groups in total. The van der Waals surface area contributed by atoms with Gasteiger partial charge in [-0.25, -0.2) is 14.4 Å². The first-order valence-corrected chi connectivity index (χ1v) is 7.17. The summed E-state index contributed by atoms with van der Waals surface area (Å²) in [4.78, 5) is 11.9. The van der Waals surface area contributed by atoms with Gasteiger partial charge in [0, 0.05) is 30.4 Å². The summed E-state index contributed by atoms with van der Waals surface area (Å²) in [7, 11) is 1.95. The number of benzene rings is 1. The van der Waals surface area contributed by atoms with Crippen LogP contribution in [0, 0.1) is 5.82 Å². The first kappa shape index (κ1) is 13.5. The SMILES string of the molecule is Cn1cncc1-c1cc2cnc(Nc3cccc(F)c3)cc2[nH]1. The van der Waals surface area contributed by atoms with Crippen molar-refractivity contribution in [3.05, 3.63) is 60.9 Å². The third kappa shape index (κ3) is 2.55. The highest BCUT2D eigenvalue weighted by Crippen LogP contribution is 2.25. The van der Waals surface area contributed by atoms with Gasteiger partial charge in [-0.3, -0.25) is 0 Å². The minimum Gasteiger partial charge on any atom is -0.353 e. The zero-order chi connectivity index (χ0) is 15.8. The van der Waals surface area contributed by atoms with Gasteiger partial charge >= 0.3 is 0 Å². The maximum atomic E-state index is 13.2. The largest absolute Gasteiger partial charge is 0.353 e. The van der Waals surface area contributed by atoms with Crippen LogP contribution in [0.3, 0.4) is 0 Å². The number of H-pyrrole nitrogens is 1. The molecule has 23 heavy (non-hydrogen) atoms. The molecule has 114 valence electrons. The Morgan fingerprint density at radius 2 is 2.09 bits per heavy atom. The predicted molar refractivity (Wildman–Crippen MR) is 88.0 cm³/mol. The summed E-state index contributed by atoms with van der Waals surface area (Å²) < 4.78 is 15.2. The van der Waals surface area contributed by atoms with E-state index in [1.165, 1.54) is 12.1 Å². The number of aryl methyl sites for hydroxylation is 1. The van der Waals surface area contributed by atoms with Crippen molar-refractivity contribution in [3.8, 4) is 11.4 Å². The van der Waals surface area contributed by atoms with E-state index < -0.39 is 0 Å². The zero-order valence-electron chi connectivity index (χ0n) is 12.4. The summed E-state index contributed by atoms with van der Waals surface area (Å²) in [6.45, 7) is 0. The molecule has 0 radical (unpaired) electrons. The van der Waals surface area contributed by atoms with E-state index in [9.17, 15) is 4.39 Å². The molecule has 0 aliphatic heterocycles. The fraction of sp³-hybridized carbons (Fsp3) is 0.0588. The second-order valence-electron chi connectivity index (χ2n) is 5.36. The van der Waals surface area contributed by atoms with Gasteiger partial charge in [0.05, 0.1) is 29.4 Å². The van der Waals surface area contributed by atoms with Gasteiger partial charge in [0.2, 0.25) is 0 Å². The average Bonchev–Trinajstić information content (AvgIpc) is 3.12. The van der Waals surface area contributed by atoms with Crippen LogP contribution in [0.15, 0.2) is 55.1 Å². The van der Waals surface area contributed by atoms with Crippen molar-refractivity contribution in [2.75, 3.05) is 5.32 Å². The van der Waals surface area contributed by atoms with Gasteiger partial charge in [0.25, 0.3) is 0 Å². The second kappa shape index (κ2) is 5.24. The number of anilines is 2. The molecule has 4 rings (SSSR count). The number of fused-ring (bicyclic) bond motifs is 1. The fourth-order valence-electron chi connectivity index (χ4n) is 2.56. The number of rotatable bonds is 3. The van der Waals surface area contributed by atoms with Crippen LogP contribution in [0.1, 0.15) is 0 Å². The molecule has 6 heteroatoms. The van der Waals surface area contributed by atoms with Crippen LogP contribution < -0.4 is 5.32 Å². The molecule has 0 atom stereocenters. The van der Waals surface area contributed by atoms with E-state index in [-0.39, 0.29) is 5.82 Å². The maximum absolute atomic E-state index is 13.2. The highest BCUT2D eigenvalue weighted by atomic mass is 19.1. The molecule has 0 saturated carbocycles. The summed E-state index contributed by atoms with van der Waals surface area (Å²) in [5.74, 6) is 0.371. The third-order valence-corrected chi connectivity index (χ3v) is 3.69. The molecule has 0 fully saturated rings. The number of imidazole rings is 1. The molecule has 0 saturated heterocycles. The number of hydrogen-bond donors (Lipinski definition) is 2. The van der Waals surface area contributed by atoms with Gasteiger partial charge in [-0.2, -0.15) is 0 Å². The van der Waals surface area contributed by atoms with E-state index >= 15 is 0 Å². The number of hydrogen-bond acceptors (Lipinski definition) is 3. The van der Waals surface area contributed by atoms with E-state index in [0.717, 1.165) is 22.3 Å². The standard InChI is InChI=1S/C17H14FN5/c1-23-10-19-9-16(23)15-5-11-8-20-17(7-14(11)22-15)21-13-4-2-3-12(18)6-13/h2-10,22H,1H3,(H,20,21). The zero-order valence-corrected chi connectivity index (χ0v) is 12.4. The van der Waals surface area contributed by atoms with Crippen molar-refractivity contribution >= 4 is 22.4 Å². The number of nitrogens with one attached hydrogen (secondary N) is 2. The van der Waals surface area contributed by atoms with Crippen LogP contribution in [-0.2, 0) is 7.05 Å². The molecule has 0 amide bonds. The Hall–Kier alpha value is -3.15. The van der Waals surface area contributed by atoms with Gasteiger partial charge in [0.15, 0.2) is 0 Å². The lowest BCUT2D eigenvalue weighted by Crippen LogP contribution is -1.93. The first-order valence-electron chi connectivity index (χ1n) is 7.17. The van der Waals surface area contributed by atoms with Crippen molar-refractivity contribution in [2.45, 2.75) is 0 Å². The molecule has 5 nitrogen and oxygen atoms in total. The van der Waals surface area contributed by atoms with Gasteiger partial charge in [-0.15, -0.1) is 0 Å². The van der Waals surface area contributed by atoms with Crippen LogP contribution in [-0.4, -0.2) is 19.5 Å². The third-order valence-electron chi connectivity index (χ3n) is 3.69. The van der Waals surface area contributed by atoms with Crippen molar-refractivity contribution in [1.29, 1.82) is 0 Å². The smallest absolute Gasteiger partial charge is 0.132 e. The van der Waals surface area contributed by atoms with Gasteiger partial charge < -0.3 is 14.9 Å². The molecule has 4 aromatic rings. The summed E-state index contributed by atoms with van der Waals surface area (Å²) in [6.07, 6.45) is 5.35. The van der Waals surface area contributed by atoms with E-state index in [2.05, 4.69) is 20.3 Å². The molecule has 0 spiro atoms. The number of nitrogens with zero attached hydrogens (tertiary/aromatic N) is 3. The Morgan fingerprint density at radius 1 is 1.17 bits per heavy atom. The topological polar surface area (TPSA) is 58.5 Å². The highest BCUT2D eigenvalue weighted by molar-refractivity contribution is 5.86.